The molecular weight excluding hydrogens is 380 g/mol. The first-order valence-corrected chi connectivity index (χ1v) is 10.8. The van der Waals surface area contributed by atoms with Crippen LogP contribution in [0.25, 0.3) is 0 Å². The van der Waals surface area contributed by atoms with Crippen molar-refractivity contribution in [2.24, 2.45) is 0 Å². The van der Waals surface area contributed by atoms with Crippen molar-refractivity contribution < 1.29 is 17.9 Å². The predicted molar refractivity (Wildman–Crippen MR) is 105 cm³/mol. The van der Waals surface area contributed by atoms with Crippen LogP contribution >= 0.6 is 0 Å². The summed E-state index contributed by atoms with van der Waals surface area (Å²) in [6.07, 6.45) is 3.17. The Kier molecular flexibility index (Phi) is 5.11. The Bertz CT molecular complexity index is 972. The highest BCUT2D eigenvalue weighted by atomic mass is 32.2. The summed E-state index contributed by atoms with van der Waals surface area (Å²) in [6.45, 7) is 1.89. The third-order valence-electron chi connectivity index (χ3n) is 5.36. The van der Waals surface area contributed by atoms with Gasteiger partial charge in [0.05, 0.1) is 19.9 Å². The maximum atomic E-state index is 13.2. The number of methoxy groups -OCH3 is 2. The molecule has 0 bridgehead atoms. The van der Waals surface area contributed by atoms with E-state index < -0.39 is 10.0 Å². The Morgan fingerprint density at radius 1 is 0.964 bits per heavy atom. The number of nitrogens with zero attached hydrogens (tertiary/aromatic N) is 4. The number of anilines is 1. The topological polar surface area (TPSA) is 84.9 Å². The Labute approximate surface area is 165 Å². The molecule has 0 spiro atoms. The minimum absolute atomic E-state index is 0.125. The molecule has 0 amide bonds. The molecular formula is C19H24N4O4S. The van der Waals surface area contributed by atoms with Gasteiger partial charge >= 0.3 is 0 Å². The van der Waals surface area contributed by atoms with Gasteiger partial charge in [-0.3, -0.25) is 0 Å². The third-order valence-corrected chi connectivity index (χ3v) is 7.28. The molecule has 0 unspecified atom stereocenters. The van der Waals surface area contributed by atoms with Gasteiger partial charge in [0, 0.05) is 32.2 Å². The Morgan fingerprint density at radius 3 is 2.46 bits per heavy atom. The number of sulfonamides is 1. The zero-order chi connectivity index (χ0) is 19.7. The smallest absolute Gasteiger partial charge is 0.247 e. The summed E-state index contributed by atoms with van der Waals surface area (Å²) >= 11 is 0. The van der Waals surface area contributed by atoms with E-state index in [4.69, 9.17) is 9.47 Å². The molecule has 8 nitrogen and oxygen atoms in total. The second-order valence-corrected chi connectivity index (χ2v) is 8.84. The number of hydrogen-bond donors (Lipinski definition) is 0. The Hall–Kier alpha value is -2.39. The van der Waals surface area contributed by atoms with Crippen LogP contribution in [0.3, 0.4) is 0 Å². The minimum atomic E-state index is -3.69. The molecule has 0 N–H and O–H groups in total. The maximum absolute atomic E-state index is 13.2. The second kappa shape index (κ2) is 7.56. The zero-order valence-corrected chi connectivity index (χ0v) is 16.9. The molecule has 9 heteroatoms. The van der Waals surface area contributed by atoms with Crippen molar-refractivity contribution in [2.75, 3.05) is 45.3 Å². The molecule has 2 aromatic rings. The Morgan fingerprint density at radius 2 is 1.75 bits per heavy atom. The highest BCUT2D eigenvalue weighted by molar-refractivity contribution is 7.89. The summed E-state index contributed by atoms with van der Waals surface area (Å²) in [5, 5.41) is 8.68. The molecule has 0 saturated carbocycles. The van der Waals surface area contributed by atoms with E-state index in [0.717, 1.165) is 30.8 Å². The highest BCUT2D eigenvalue weighted by Crippen LogP contribution is 2.31. The summed E-state index contributed by atoms with van der Waals surface area (Å²) in [6, 6.07) is 6.90. The molecule has 1 fully saturated rings. The molecule has 150 valence electrons. The first kappa shape index (κ1) is 18.9. The van der Waals surface area contributed by atoms with E-state index in [-0.39, 0.29) is 4.90 Å². The van der Waals surface area contributed by atoms with E-state index in [2.05, 4.69) is 21.2 Å². The van der Waals surface area contributed by atoms with Gasteiger partial charge in [-0.05, 0) is 43.0 Å². The average molecular weight is 404 g/mol. The van der Waals surface area contributed by atoms with Crippen molar-refractivity contribution in [3.63, 3.8) is 0 Å². The molecule has 4 rings (SSSR count). The van der Waals surface area contributed by atoms with Crippen molar-refractivity contribution in [3.05, 3.63) is 35.5 Å². The van der Waals surface area contributed by atoms with Crippen LogP contribution in [0.2, 0.25) is 0 Å². The molecule has 2 heterocycles. The fourth-order valence-corrected chi connectivity index (χ4v) is 5.35. The van der Waals surface area contributed by atoms with E-state index in [1.165, 1.54) is 30.2 Å². The van der Waals surface area contributed by atoms with Gasteiger partial charge in [0.15, 0.2) is 5.82 Å². The van der Waals surface area contributed by atoms with E-state index >= 15 is 0 Å². The summed E-state index contributed by atoms with van der Waals surface area (Å²) < 4.78 is 38.3. The lowest BCUT2D eigenvalue weighted by molar-refractivity contribution is 0.370. The normalized spacial score (nSPS) is 17.4. The number of fused-ring (bicyclic) bond motifs is 1. The third kappa shape index (κ3) is 3.40. The number of hydrogen-bond acceptors (Lipinski definition) is 7. The van der Waals surface area contributed by atoms with Crippen LogP contribution in [0.4, 0.5) is 5.82 Å². The molecule has 28 heavy (non-hydrogen) atoms. The first-order chi connectivity index (χ1) is 13.5. The summed E-state index contributed by atoms with van der Waals surface area (Å²) in [5.41, 5.74) is 2.36. The van der Waals surface area contributed by atoms with Crippen LogP contribution in [0.5, 0.6) is 11.5 Å². The Balaban J connectivity index is 1.51. The lowest BCUT2D eigenvalue weighted by Gasteiger charge is -2.34. The molecule has 0 radical (unpaired) electrons. The van der Waals surface area contributed by atoms with E-state index in [1.54, 1.807) is 12.1 Å². The molecule has 1 aliphatic carbocycles. The number of aryl methyl sites for hydroxylation is 2. The average Bonchev–Trinajstić information content (AvgIpc) is 3.21. The van der Waals surface area contributed by atoms with Gasteiger partial charge in [0.25, 0.3) is 0 Å². The van der Waals surface area contributed by atoms with Crippen molar-refractivity contribution in [3.8, 4) is 11.5 Å². The van der Waals surface area contributed by atoms with Crippen LogP contribution in [-0.2, 0) is 22.9 Å². The van der Waals surface area contributed by atoms with Gasteiger partial charge in [-0.25, -0.2) is 8.42 Å². The SMILES string of the molecule is COc1ccc(OC)c(S(=O)(=O)N2CCN(c3cc4c(nn3)CCC4)CC2)c1. The van der Waals surface area contributed by atoms with Gasteiger partial charge in [0.2, 0.25) is 10.0 Å². The van der Waals surface area contributed by atoms with E-state index in [1.807, 2.05) is 0 Å². The van der Waals surface area contributed by atoms with E-state index in [9.17, 15) is 8.42 Å². The lowest BCUT2D eigenvalue weighted by atomic mass is 10.2. The molecule has 2 aliphatic rings. The summed E-state index contributed by atoms with van der Waals surface area (Å²) in [5.74, 6) is 1.62. The molecule has 1 saturated heterocycles. The summed E-state index contributed by atoms with van der Waals surface area (Å²) in [7, 11) is -0.715. The largest absolute Gasteiger partial charge is 0.497 e. The quantitative estimate of drug-likeness (QED) is 0.746. The second-order valence-electron chi connectivity index (χ2n) is 6.94. The lowest BCUT2D eigenvalue weighted by Crippen LogP contribution is -2.49. The number of rotatable bonds is 5. The maximum Gasteiger partial charge on any atom is 0.247 e. The number of aromatic nitrogens is 2. The minimum Gasteiger partial charge on any atom is -0.497 e. The van der Waals surface area contributed by atoms with Crippen LogP contribution in [0.15, 0.2) is 29.2 Å². The van der Waals surface area contributed by atoms with Crippen molar-refractivity contribution in [1.29, 1.82) is 0 Å². The molecule has 0 atom stereocenters. The summed E-state index contributed by atoms with van der Waals surface area (Å²) in [4.78, 5) is 2.22. The number of benzene rings is 1. The molecule has 1 aromatic heterocycles. The fourth-order valence-electron chi connectivity index (χ4n) is 3.75. The number of piperazine rings is 1. The molecule has 1 aromatic carbocycles. The van der Waals surface area contributed by atoms with Crippen molar-refractivity contribution in [1.82, 2.24) is 14.5 Å². The van der Waals surface area contributed by atoms with Crippen LogP contribution < -0.4 is 14.4 Å². The van der Waals surface area contributed by atoms with Crippen LogP contribution in [0.1, 0.15) is 17.7 Å². The van der Waals surface area contributed by atoms with E-state index in [0.29, 0.717) is 37.7 Å². The predicted octanol–water partition coefficient (Wildman–Crippen LogP) is 1.49. The van der Waals surface area contributed by atoms with Crippen LogP contribution in [-0.4, -0.2) is 63.3 Å². The molecule has 1 aliphatic heterocycles. The first-order valence-electron chi connectivity index (χ1n) is 9.35. The van der Waals surface area contributed by atoms with Gasteiger partial charge in [-0.2, -0.15) is 9.40 Å². The van der Waals surface area contributed by atoms with Gasteiger partial charge in [-0.15, -0.1) is 5.10 Å². The van der Waals surface area contributed by atoms with Crippen LogP contribution in [0, 0.1) is 0 Å². The van der Waals surface area contributed by atoms with Crippen molar-refractivity contribution >= 4 is 15.8 Å². The van der Waals surface area contributed by atoms with Gasteiger partial charge in [-0.1, -0.05) is 0 Å². The fraction of sp³-hybridized carbons (Fsp3) is 0.474. The monoisotopic (exact) mass is 404 g/mol. The highest BCUT2D eigenvalue weighted by Gasteiger charge is 2.32. The number of ether oxygens (including phenoxy) is 2. The van der Waals surface area contributed by atoms with Gasteiger partial charge < -0.3 is 14.4 Å². The van der Waals surface area contributed by atoms with Crippen molar-refractivity contribution in [2.45, 2.75) is 24.2 Å². The zero-order valence-electron chi connectivity index (χ0n) is 16.1. The van der Waals surface area contributed by atoms with Gasteiger partial charge in [0.1, 0.15) is 16.4 Å². The standard InChI is InChI=1S/C19H24N4O4S/c1-26-15-6-7-17(27-2)18(13-15)28(24,25)23-10-8-22(9-11-23)19-12-14-4-3-5-16(14)20-21-19/h6-7,12-13H,3-5,8-11H2,1-2H3.